The molecule has 0 atom stereocenters. The van der Waals surface area contributed by atoms with Crippen molar-refractivity contribution in [2.45, 2.75) is 78.1 Å². The summed E-state index contributed by atoms with van der Waals surface area (Å²) in [6.07, 6.45) is 9.92. The first-order valence-corrected chi connectivity index (χ1v) is 9.57. The van der Waals surface area contributed by atoms with E-state index in [2.05, 4.69) is 13.8 Å². The smallest absolute Gasteiger partial charge is 0.325 e. The molecule has 2 rings (SSSR count). The molecule has 24 heavy (non-hydrogen) atoms. The molecule has 0 aliphatic carbocycles. The fraction of sp³-hybridized carbons (Fsp3) is 0.889. The van der Waals surface area contributed by atoms with E-state index in [-0.39, 0.29) is 11.9 Å². The van der Waals surface area contributed by atoms with E-state index >= 15 is 0 Å². The van der Waals surface area contributed by atoms with Crippen molar-refractivity contribution >= 4 is 11.9 Å². The number of carbonyl (C=O) groups excluding carboxylic acids is 2. The molecule has 2 saturated heterocycles. The summed E-state index contributed by atoms with van der Waals surface area (Å²) in [6.45, 7) is 7.92. The van der Waals surface area contributed by atoms with Gasteiger partial charge in [-0.3, -0.25) is 9.59 Å². The Hall–Kier alpha value is -1.14. The van der Waals surface area contributed by atoms with Crippen LogP contribution in [0, 0.1) is 0 Å². The van der Waals surface area contributed by atoms with E-state index in [9.17, 15) is 9.59 Å². The Morgan fingerprint density at radius 2 is 1.08 bits per heavy atom. The number of rotatable bonds is 10. The summed E-state index contributed by atoms with van der Waals surface area (Å²) in [5.41, 5.74) is 0. The highest BCUT2D eigenvalue weighted by Gasteiger charge is 2.18. The SMILES string of the molecule is CCCCCC(=O)ON1CCC1.CCCCCC(=O)ON1CCC1. The van der Waals surface area contributed by atoms with Crippen LogP contribution in [-0.4, -0.2) is 48.2 Å². The molecule has 2 aliphatic heterocycles. The summed E-state index contributed by atoms with van der Waals surface area (Å²) < 4.78 is 0. The summed E-state index contributed by atoms with van der Waals surface area (Å²) >= 11 is 0. The molecule has 6 heteroatoms. The van der Waals surface area contributed by atoms with Crippen LogP contribution in [0.2, 0.25) is 0 Å². The highest BCUT2D eigenvalue weighted by atomic mass is 16.7. The summed E-state index contributed by atoms with van der Waals surface area (Å²) in [7, 11) is 0. The normalized spacial score (nSPS) is 17.1. The van der Waals surface area contributed by atoms with E-state index in [1.165, 1.54) is 0 Å². The molecule has 0 aromatic heterocycles. The van der Waals surface area contributed by atoms with Crippen LogP contribution in [0.5, 0.6) is 0 Å². The molecule has 0 aromatic rings. The predicted octanol–water partition coefficient (Wildman–Crippen LogP) is 3.46. The Bertz CT molecular complexity index is 321. The minimum absolute atomic E-state index is 0.0665. The number of hydrogen-bond donors (Lipinski definition) is 0. The highest BCUT2D eigenvalue weighted by Crippen LogP contribution is 2.09. The second-order valence-electron chi connectivity index (χ2n) is 6.41. The Morgan fingerprint density at radius 3 is 1.33 bits per heavy atom. The highest BCUT2D eigenvalue weighted by molar-refractivity contribution is 5.69. The number of hydrogen-bond acceptors (Lipinski definition) is 6. The molecule has 140 valence electrons. The molecule has 0 amide bonds. The van der Waals surface area contributed by atoms with E-state index < -0.39 is 0 Å². The minimum atomic E-state index is -0.0665. The largest absolute Gasteiger partial charge is 0.368 e. The van der Waals surface area contributed by atoms with E-state index in [0.717, 1.165) is 77.5 Å². The Morgan fingerprint density at radius 1 is 0.708 bits per heavy atom. The maximum atomic E-state index is 11.1. The molecule has 0 saturated carbocycles. The topological polar surface area (TPSA) is 59.1 Å². The summed E-state index contributed by atoms with van der Waals surface area (Å²) in [5.74, 6) is -0.133. The Balaban J connectivity index is 0.000000240. The monoisotopic (exact) mass is 342 g/mol. The first-order valence-electron chi connectivity index (χ1n) is 9.57. The molecule has 0 bridgehead atoms. The van der Waals surface area contributed by atoms with Gasteiger partial charge in [-0.25, -0.2) is 0 Å². The zero-order chi connectivity index (χ0) is 17.6. The van der Waals surface area contributed by atoms with Gasteiger partial charge in [0.2, 0.25) is 0 Å². The van der Waals surface area contributed by atoms with Crippen LogP contribution in [0.3, 0.4) is 0 Å². The molecule has 0 spiro atoms. The number of unbranched alkanes of at least 4 members (excludes halogenated alkanes) is 4. The molecular weight excluding hydrogens is 308 g/mol. The molecule has 2 fully saturated rings. The second-order valence-corrected chi connectivity index (χ2v) is 6.41. The van der Waals surface area contributed by atoms with Crippen molar-refractivity contribution in [3.63, 3.8) is 0 Å². The molecular formula is C18H34N2O4. The maximum Gasteiger partial charge on any atom is 0.325 e. The standard InChI is InChI=1S/2C9H17NO2/c2*1-2-3-4-6-9(11)12-10-7-5-8-10/h2*2-8H2,1H3. The van der Waals surface area contributed by atoms with Crippen molar-refractivity contribution in [3.8, 4) is 0 Å². The third-order valence-electron chi connectivity index (χ3n) is 4.06. The maximum absolute atomic E-state index is 11.1. The van der Waals surface area contributed by atoms with Crippen LogP contribution in [0.15, 0.2) is 0 Å². The van der Waals surface area contributed by atoms with Gasteiger partial charge in [0.15, 0.2) is 0 Å². The van der Waals surface area contributed by atoms with Crippen LogP contribution in [0.4, 0.5) is 0 Å². The molecule has 2 aliphatic rings. The van der Waals surface area contributed by atoms with Gasteiger partial charge in [-0.2, -0.15) is 0 Å². The van der Waals surface area contributed by atoms with Crippen LogP contribution < -0.4 is 0 Å². The fourth-order valence-electron chi connectivity index (χ4n) is 2.17. The van der Waals surface area contributed by atoms with Crippen molar-refractivity contribution in [1.82, 2.24) is 10.1 Å². The number of hydroxylamine groups is 4. The second kappa shape index (κ2) is 13.2. The first kappa shape index (κ1) is 20.9. The third-order valence-corrected chi connectivity index (χ3v) is 4.06. The molecule has 0 aromatic carbocycles. The quantitative estimate of drug-likeness (QED) is 0.567. The number of nitrogens with zero attached hydrogens (tertiary/aromatic N) is 2. The summed E-state index contributed by atoms with van der Waals surface area (Å²) in [5, 5.41) is 3.46. The van der Waals surface area contributed by atoms with Crippen molar-refractivity contribution in [2.24, 2.45) is 0 Å². The van der Waals surface area contributed by atoms with Crippen LogP contribution in [0.25, 0.3) is 0 Å². The first-order chi connectivity index (χ1) is 11.7. The van der Waals surface area contributed by atoms with Gasteiger partial charge in [-0.15, -0.1) is 10.1 Å². The van der Waals surface area contributed by atoms with Gasteiger partial charge in [-0.1, -0.05) is 39.5 Å². The van der Waals surface area contributed by atoms with Gasteiger partial charge in [-0.05, 0) is 25.7 Å². The van der Waals surface area contributed by atoms with E-state index in [4.69, 9.17) is 9.68 Å². The fourth-order valence-corrected chi connectivity index (χ4v) is 2.17. The van der Waals surface area contributed by atoms with E-state index in [0.29, 0.717) is 12.8 Å². The molecule has 0 radical (unpaired) electrons. The summed E-state index contributed by atoms with van der Waals surface area (Å²) in [4.78, 5) is 32.2. The zero-order valence-corrected chi connectivity index (χ0v) is 15.4. The van der Waals surface area contributed by atoms with E-state index in [1.807, 2.05) is 0 Å². The molecule has 2 heterocycles. The third kappa shape index (κ3) is 9.88. The average Bonchev–Trinajstić information content (AvgIpc) is 2.48. The van der Waals surface area contributed by atoms with E-state index in [1.54, 1.807) is 10.1 Å². The van der Waals surface area contributed by atoms with Gasteiger partial charge >= 0.3 is 11.9 Å². The zero-order valence-electron chi connectivity index (χ0n) is 15.4. The predicted molar refractivity (Wildman–Crippen MR) is 92.8 cm³/mol. The van der Waals surface area contributed by atoms with Crippen molar-refractivity contribution in [1.29, 1.82) is 0 Å². The van der Waals surface area contributed by atoms with Crippen molar-refractivity contribution in [3.05, 3.63) is 0 Å². The average molecular weight is 342 g/mol. The van der Waals surface area contributed by atoms with Gasteiger partial charge < -0.3 is 9.68 Å². The molecule has 0 unspecified atom stereocenters. The van der Waals surface area contributed by atoms with Crippen LogP contribution in [0.1, 0.15) is 78.1 Å². The lowest BCUT2D eigenvalue weighted by Crippen LogP contribution is -2.38. The molecule has 6 nitrogen and oxygen atoms in total. The Labute approximate surface area is 146 Å². The number of carbonyl (C=O) groups is 2. The minimum Gasteiger partial charge on any atom is -0.368 e. The van der Waals surface area contributed by atoms with Crippen molar-refractivity contribution < 1.29 is 19.3 Å². The van der Waals surface area contributed by atoms with Gasteiger partial charge in [0.25, 0.3) is 0 Å². The van der Waals surface area contributed by atoms with Crippen molar-refractivity contribution in [2.75, 3.05) is 26.2 Å². The summed E-state index contributed by atoms with van der Waals surface area (Å²) in [6, 6.07) is 0. The lowest BCUT2D eigenvalue weighted by Gasteiger charge is -2.28. The lowest BCUT2D eigenvalue weighted by atomic mass is 10.2. The van der Waals surface area contributed by atoms with Gasteiger partial charge in [0.05, 0.1) is 0 Å². The van der Waals surface area contributed by atoms with Crippen LogP contribution in [-0.2, 0) is 19.3 Å². The molecule has 0 N–H and O–H groups in total. The lowest BCUT2D eigenvalue weighted by molar-refractivity contribution is -0.208. The van der Waals surface area contributed by atoms with Crippen LogP contribution >= 0.6 is 0 Å². The Kier molecular flexibility index (Phi) is 11.5. The van der Waals surface area contributed by atoms with Gasteiger partial charge in [0, 0.05) is 39.0 Å². The van der Waals surface area contributed by atoms with Gasteiger partial charge in [0.1, 0.15) is 0 Å².